The number of hydrogen-bond donors (Lipinski definition) is 0. The number of benzene rings is 2. The Hall–Kier alpha value is -2.54. The molecular formula is C21H27N3O3S. The maximum Gasteiger partial charge on any atom is 0.243 e. The second kappa shape index (κ2) is 8.22. The molecule has 1 saturated heterocycles. The minimum Gasteiger partial charge on any atom is -0.368 e. The van der Waals surface area contributed by atoms with Crippen LogP contribution in [0.5, 0.6) is 0 Å². The summed E-state index contributed by atoms with van der Waals surface area (Å²) in [7, 11) is -3.56. The van der Waals surface area contributed by atoms with E-state index < -0.39 is 10.0 Å². The molecule has 0 N–H and O–H groups in total. The topological polar surface area (TPSA) is 60.9 Å². The Bertz CT molecular complexity index is 937. The van der Waals surface area contributed by atoms with Crippen molar-refractivity contribution in [3.8, 4) is 0 Å². The van der Waals surface area contributed by atoms with Crippen LogP contribution in [0.3, 0.4) is 0 Å². The van der Waals surface area contributed by atoms with Gasteiger partial charge in [0, 0.05) is 31.9 Å². The van der Waals surface area contributed by atoms with Gasteiger partial charge in [-0.05, 0) is 49.2 Å². The summed E-state index contributed by atoms with van der Waals surface area (Å²) in [4.78, 5) is 16.8. The first-order valence-electron chi connectivity index (χ1n) is 9.38. The van der Waals surface area contributed by atoms with Gasteiger partial charge in [0.1, 0.15) is 6.54 Å². The van der Waals surface area contributed by atoms with Crippen molar-refractivity contribution in [2.75, 3.05) is 48.2 Å². The molecule has 0 bridgehead atoms. The van der Waals surface area contributed by atoms with Crippen molar-refractivity contribution in [1.82, 2.24) is 4.90 Å². The second-order valence-corrected chi connectivity index (χ2v) is 9.15. The number of para-hydroxylation sites is 1. The summed E-state index contributed by atoms with van der Waals surface area (Å²) < 4.78 is 25.9. The van der Waals surface area contributed by atoms with Crippen LogP contribution in [0.1, 0.15) is 11.1 Å². The van der Waals surface area contributed by atoms with E-state index in [1.165, 1.54) is 4.31 Å². The van der Waals surface area contributed by atoms with Crippen molar-refractivity contribution >= 4 is 27.3 Å². The highest BCUT2D eigenvalue weighted by Crippen LogP contribution is 2.22. The van der Waals surface area contributed by atoms with Gasteiger partial charge in [-0.25, -0.2) is 8.42 Å². The van der Waals surface area contributed by atoms with Gasteiger partial charge in [0.05, 0.1) is 11.9 Å². The number of hydrogen-bond acceptors (Lipinski definition) is 4. The molecule has 2 aromatic carbocycles. The smallest absolute Gasteiger partial charge is 0.243 e. The number of anilines is 2. The Balaban J connectivity index is 1.68. The van der Waals surface area contributed by atoms with Gasteiger partial charge >= 0.3 is 0 Å². The van der Waals surface area contributed by atoms with Gasteiger partial charge in [0.25, 0.3) is 0 Å². The largest absolute Gasteiger partial charge is 0.368 e. The van der Waals surface area contributed by atoms with Crippen molar-refractivity contribution in [3.63, 3.8) is 0 Å². The molecule has 0 atom stereocenters. The number of carbonyl (C=O) groups is 1. The summed E-state index contributed by atoms with van der Waals surface area (Å²) >= 11 is 0. The van der Waals surface area contributed by atoms with Gasteiger partial charge in [-0.1, -0.05) is 24.3 Å². The zero-order valence-corrected chi connectivity index (χ0v) is 17.4. The molecule has 1 fully saturated rings. The first kappa shape index (κ1) is 20.2. The van der Waals surface area contributed by atoms with Crippen LogP contribution in [-0.2, 0) is 14.8 Å². The molecule has 0 radical (unpaired) electrons. The van der Waals surface area contributed by atoms with E-state index >= 15 is 0 Å². The van der Waals surface area contributed by atoms with E-state index in [4.69, 9.17) is 0 Å². The molecule has 0 saturated carbocycles. The molecule has 6 nitrogen and oxygen atoms in total. The first-order chi connectivity index (χ1) is 13.3. The third-order valence-corrected chi connectivity index (χ3v) is 6.35. The fourth-order valence-corrected chi connectivity index (χ4v) is 4.20. The number of nitrogens with zero attached hydrogens (tertiary/aromatic N) is 3. The SMILES string of the molecule is Cc1ccc(N(CC(=O)N2CCN(c3ccccc3)CC2)S(C)(=O)=O)cc1C. The van der Waals surface area contributed by atoms with Gasteiger partial charge in [-0.15, -0.1) is 0 Å². The van der Waals surface area contributed by atoms with Crippen LogP contribution in [0.4, 0.5) is 11.4 Å². The molecule has 1 aliphatic heterocycles. The van der Waals surface area contributed by atoms with Crippen molar-refractivity contribution in [2.45, 2.75) is 13.8 Å². The molecule has 3 rings (SSSR count). The molecule has 1 aliphatic rings. The summed E-state index contributed by atoms with van der Waals surface area (Å²) in [5.74, 6) is -0.170. The standard InChI is InChI=1S/C21H27N3O3S/c1-17-9-10-20(15-18(17)2)24(28(3,26)27)16-21(25)23-13-11-22(12-14-23)19-7-5-4-6-8-19/h4-10,15H,11-14,16H2,1-3H3. The van der Waals surface area contributed by atoms with E-state index in [1.807, 2.05) is 44.2 Å². The number of carbonyl (C=O) groups excluding carboxylic acids is 1. The summed E-state index contributed by atoms with van der Waals surface area (Å²) in [5.41, 5.74) is 3.75. The van der Waals surface area contributed by atoms with E-state index in [9.17, 15) is 13.2 Å². The van der Waals surface area contributed by atoms with E-state index in [0.717, 1.165) is 36.2 Å². The van der Waals surface area contributed by atoms with Crippen LogP contribution >= 0.6 is 0 Å². The van der Waals surface area contributed by atoms with E-state index in [0.29, 0.717) is 18.8 Å². The Kier molecular flexibility index (Phi) is 5.93. The lowest BCUT2D eigenvalue weighted by Gasteiger charge is -2.37. The maximum atomic E-state index is 12.8. The van der Waals surface area contributed by atoms with E-state index in [2.05, 4.69) is 17.0 Å². The predicted molar refractivity (Wildman–Crippen MR) is 113 cm³/mol. The molecule has 0 aromatic heterocycles. The number of rotatable bonds is 5. The van der Waals surface area contributed by atoms with Crippen LogP contribution in [-0.4, -0.2) is 58.2 Å². The monoisotopic (exact) mass is 401 g/mol. The normalized spacial score (nSPS) is 14.8. The van der Waals surface area contributed by atoms with Crippen LogP contribution in [0.2, 0.25) is 0 Å². The fourth-order valence-electron chi connectivity index (χ4n) is 3.36. The highest BCUT2D eigenvalue weighted by Gasteiger charge is 2.26. The summed E-state index contributed by atoms with van der Waals surface area (Å²) in [6, 6.07) is 15.6. The Labute approximate surface area is 167 Å². The van der Waals surface area contributed by atoms with Crippen LogP contribution in [0.15, 0.2) is 48.5 Å². The van der Waals surface area contributed by atoms with Gasteiger partial charge < -0.3 is 9.80 Å². The lowest BCUT2D eigenvalue weighted by Crippen LogP contribution is -2.52. The maximum absolute atomic E-state index is 12.8. The molecule has 2 aromatic rings. The Morgan fingerprint density at radius 2 is 1.61 bits per heavy atom. The Morgan fingerprint density at radius 3 is 2.18 bits per heavy atom. The minimum absolute atomic E-state index is 0.170. The van der Waals surface area contributed by atoms with Crippen molar-refractivity contribution < 1.29 is 13.2 Å². The molecule has 0 unspecified atom stereocenters. The quantitative estimate of drug-likeness (QED) is 0.772. The lowest BCUT2D eigenvalue weighted by atomic mass is 10.1. The molecule has 150 valence electrons. The zero-order chi connectivity index (χ0) is 20.3. The molecule has 1 amide bonds. The van der Waals surface area contributed by atoms with E-state index in [-0.39, 0.29) is 12.5 Å². The van der Waals surface area contributed by atoms with Crippen LogP contribution < -0.4 is 9.21 Å². The van der Waals surface area contributed by atoms with E-state index in [1.54, 1.807) is 11.0 Å². The molecule has 0 aliphatic carbocycles. The number of amides is 1. The highest BCUT2D eigenvalue weighted by atomic mass is 32.2. The number of piperazine rings is 1. The highest BCUT2D eigenvalue weighted by molar-refractivity contribution is 7.92. The first-order valence-corrected chi connectivity index (χ1v) is 11.2. The number of sulfonamides is 1. The van der Waals surface area contributed by atoms with Gasteiger partial charge in [-0.2, -0.15) is 0 Å². The Morgan fingerprint density at radius 1 is 0.964 bits per heavy atom. The fraction of sp³-hybridized carbons (Fsp3) is 0.381. The molecule has 0 spiro atoms. The average Bonchev–Trinajstić information content (AvgIpc) is 2.68. The van der Waals surface area contributed by atoms with Crippen molar-refractivity contribution in [1.29, 1.82) is 0 Å². The molecular weight excluding hydrogens is 374 g/mol. The second-order valence-electron chi connectivity index (χ2n) is 7.24. The van der Waals surface area contributed by atoms with Gasteiger partial charge in [-0.3, -0.25) is 9.10 Å². The lowest BCUT2D eigenvalue weighted by molar-refractivity contribution is -0.129. The van der Waals surface area contributed by atoms with Crippen LogP contribution in [0, 0.1) is 13.8 Å². The third kappa shape index (κ3) is 4.65. The number of aryl methyl sites for hydroxylation is 2. The summed E-state index contributed by atoms with van der Waals surface area (Å²) in [6.07, 6.45) is 1.14. The third-order valence-electron chi connectivity index (χ3n) is 5.21. The zero-order valence-electron chi connectivity index (χ0n) is 16.6. The summed E-state index contributed by atoms with van der Waals surface area (Å²) in [6.45, 7) is 6.37. The molecule has 28 heavy (non-hydrogen) atoms. The minimum atomic E-state index is -3.56. The van der Waals surface area contributed by atoms with Gasteiger partial charge in [0.2, 0.25) is 15.9 Å². The van der Waals surface area contributed by atoms with Crippen LogP contribution in [0.25, 0.3) is 0 Å². The summed E-state index contributed by atoms with van der Waals surface area (Å²) in [5, 5.41) is 0. The van der Waals surface area contributed by atoms with Crippen molar-refractivity contribution in [3.05, 3.63) is 59.7 Å². The average molecular weight is 402 g/mol. The molecule has 1 heterocycles. The predicted octanol–water partition coefficient (Wildman–Crippen LogP) is 2.42. The van der Waals surface area contributed by atoms with Gasteiger partial charge in [0.15, 0.2) is 0 Å². The molecule has 7 heteroatoms. The van der Waals surface area contributed by atoms with Crippen molar-refractivity contribution in [2.24, 2.45) is 0 Å².